The van der Waals surface area contributed by atoms with Gasteiger partial charge in [-0.3, -0.25) is 24.0 Å². The Morgan fingerprint density at radius 1 is 0.980 bits per heavy atom. The van der Waals surface area contributed by atoms with E-state index in [1.165, 1.54) is 16.7 Å². The molecule has 0 aromatic heterocycles. The molecule has 12 nitrogen and oxygen atoms in total. The zero-order valence-electron chi connectivity index (χ0n) is 28.4. The smallest absolute Gasteiger partial charge is 0.258 e. The maximum Gasteiger partial charge on any atom is 0.258 e. The molecule has 0 unspecified atom stereocenters. The number of nitrogens with one attached hydrogen (secondary N) is 3. The lowest BCUT2D eigenvalue weighted by molar-refractivity contribution is -0.148. The van der Waals surface area contributed by atoms with Crippen LogP contribution >= 0.6 is 11.8 Å². The summed E-state index contributed by atoms with van der Waals surface area (Å²) in [5.74, 6) is -2.86. The van der Waals surface area contributed by atoms with Crippen molar-refractivity contribution in [3.8, 4) is 5.75 Å². The molecule has 262 valence electrons. The number of nitrogens with two attached hydrogens (primary N) is 1. The molecule has 6 N–H and O–H groups in total. The summed E-state index contributed by atoms with van der Waals surface area (Å²) in [6.07, 6.45) is -2.28. The number of ether oxygens (including phenoxy) is 1. The van der Waals surface area contributed by atoms with Gasteiger partial charge in [0.2, 0.25) is 17.7 Å². The quantitative estimate of drug-likeness (QED) is 0.181. The molecule has 3 aromatic rings. The number of nitrogens with zero attached hydrogens (tertiary/aromatic N) is 1. The van der Waals surface area contributed by atoms with Crippen molar-refractivity contribution >= 4 is 52.1 Å². The lowest BCUT2D eigenvalue weighted by Gasteiger charge is -2.35. The third-order valence-electron chi connectivity index (χ3n) is 8.00. The Kier molecular flexibility index (Phi) is 11.9. The molecule has 5 amide bonds. The molecule has 4 rings (SSSR count). The lowest BCUT2D eigenvalue weighted by atomic mass is 9.96. The fraction of sp³-hybridized carbons (Fsp3) is 0.417. The largest absolute Gasteiger partial charge is 0.483 e. The number of hydrogen-bond donors (Lipinski definition) is 5. The summed E-state index contributed by atoms with van der Waals surface area (Å²) < 4.78 is 5.09. The van der Waals surface area contributed by atoms with Crippen LogP contribution in [0, 0.1) is 0 Å². The van der Waals surface area contributed by atoms with E-state index in [4.69, 9.17) is 10.5 Å². The topological polar surface area (TPSA) is 180 Å². The summed E-state index contributed by atoms with van der Waals surface area (Å²) in [6, 6.07) is 18.3. The first-order valence-corrected chi connectivity index (χ1v) is 17.0. The second-order valence-corrected chi connectivity index (χ2v) is 15.2. The van der Waals surface area contributed by atoms with E-state index >= 15 is 0 Å². The van der Waals surface area contributed by atoms with Gasteiger partial charge in [0.1, 0.15) is 17.8 Å². The highest BCUT2D eigenvalue weighted by molar-refractivity contribution is 8.00. The molecule has 1 fully saturated rings. The molecule has 0 saturated carbocycles. The van der Waals surface area contributed by atoms with Gasteiger partial charge in [0.05, 0.1) is 18.3 Å². The van der Waals surface area contributed by atoms with Crippen LogP contribution < -0.4 is 26.4 Å². The van der Waals surface area contributed by atoms with Crippen molar-refractivity contribution in [1.29, 1.82) is 0 Å². The third kappa shape index (κ3) is 9.96. The highest BCUT2D eigenvalue weighted by Crippen LogP contribution is 2.40. The van der Waals surface area contributed by atoms with Crippen LogP contribution in [0.15, 0.2) is 72.8 Å². The van der Waals surface area contributed by atoms with Gasteiger partial charge in [-0.1, -0.05) is 66.7 Å². The van der Waals surface area contributed by atoms with E-state index in [2.05, 4.69) is 16.0 Å². The molecule has 3 aromatic carbocycles. The van der Waals surface area contributed by atoms with Crippen LogP contribution in [0.4, 0.5) is 0 Å². The number of primary amides is 1. The fourth-order valence-corrected chi connectivity index (χ4v) is 6.84. The maximum absolute atomic E-state index is 13.9. The molecule has 4 atom stereocenters. The Morgan fingerprint density at radius 2 is 1.63 bits per heavy atom. The summed E-state index contributed by atoms with van der Waals surface area (Å²) in [6.45, 7) is 8.77. The lowest BCUT2D eigenvalue weighted by Crippen LogP contribution is -2.61. The van der Waals surface area contributed by atoms with E-state index in [0.29, 0.717) is 11.3 Å². The van der Waals surface area contributed by atoms with Crippen molar-refractivity contribution in [2.45, 2.75) is 82.0 Å². The Bertz CT molecular complexity index is 1670. The second kappa shape index (κ2) is 15.7. The Morgan fingerprint density at radius 3 is 2.31 bits per heavy atom. The van der Waals surface area contributed by atoms with Gasteiger partial charge in [-0.2, -0.15) is 0 Å². The van der Waals surface area contributed by atoms with Crippen LogP contribution in [0.25, 0.3) is 10.8 Å². The van der Waals surface area contributed by atoms with Crippen molar-refractivity contribution in [3.05, 3.63) is 78.4 Å². The van der Waals surface area contributed by atoms with Crippen LogP contribution in [0.2, 0.25) is 0 Å². The third-order valence-corrected chi connectivity index (χ3v) is 9.38. The van der Waals surface area contributed by atoms with E-state index in [-0.39, 0.29) is 18.2 Å². The van der Waals surface area contributed by atoms with E-state index in [9.17, 15) is 29.1 Å². The number of amides is 5. The Balaban J connectivity index is 1.52. The normalized spacial score (nSPS) is 17.4. The zero-order chi connectivity index (χ0) is 35.9. The van der Waals surface area contributed by atoms with Gasteiger partial charge in [-0.05, 0) is 58.1 Å². The van der Waals surface area contributed by atoms with E-state index in [1.54, 1.807) is 42.5 Å². The van der Waals surface area contributed by atoms with Crippen molar-refractivity contribution in [2.75, 3.05) is 12.5 Å². The highest BCUT2D eigenvalue weighted by atomic mass is 32.2. The first kappa shape index (κ1) is 37.2. The van der Waals surface area contributed by atoms with Gasteiger partial charge >= 0.3 is 0 Å². The number of hydrogen-bond acceptors (Lipinski definition) is 8. The van der Waals surface area contributed by atoms with Crippen LogP contribution in [0.1, 0.15) is 46.6 Å². The molecule has 13 heteroatoms. The van der Waals surface area contributed by atoms with Crippen molar-refractivity contribution in [2.24, 2.45) is 5.73 Å². The minimum absolute atomic E-state index is 0.0319. The first-order valence-electron chi connectivity index (χ1n) is 16.0. The molecule has 0 bridgehead atoms. The molecular weight excluding hydrogens is 646 g/mol. The Labute approximate surface area is 290 Å². The van der Waals surface area contributed by atoms with Gasteiger partial charge in [-0.25, -0.2) is 0 Å². The van der Waals surface area contributed by atoms with Gasteiger partial charge in [-0.15, -0.1) is 11.8 Å². The summed E-state index contributed by atoms with van der Waals surface area (Å²) >= 11 is 1.40. The van der Waals surface area contributed by atoms with Crippen molar-refractivity contribution in [1.82, 2.24) is 20.9 Å². The van der Waals surface area contributed by atoms with E-state index < -0.39 is 71.2 Å². The predicted molar refractivity (Wildman–Crippen MR) is 188 cm³/mol. The van der Waals surface area contributed by atoms with Crippen LogP contribution in [-0.4, -0.2) is 86.5 Å². The number of aliphatic hydroxyl groups excluding tert-OH is 1. The van der Waals surface area contributed by atoms with Crippen LogP contribution in [0.3, 0.4) is 0 Å². The molecule has 0 spiro atoms. The van der Waals surface area contributed by atoms with Crippen LogP contribution in [0.5, 0.6) is 5.75 Å². The molecule has 1 heterocycles. The van der Waals surface area contributed by atoms with Crippen molar-refractivity contribution < 1.29 is 33.8 Å². The summed E-state index contributed by atoms with van der Waals surface area (Å²) in [7, 11) is 0. The molecule has 1 aliphatic rings. The molecule has 1 saturated heterocycles. The monoisotopic (exact) mass is 691 g/mol. The van der Waals surface area contributed by atoms with Gasteiger partial charge in [0, 0.05) is 15.7 Å². The van der Waals surface area contributed by atoms with E-state index in [1.807, 2.05) is 65.0 Å². The average Bonchev–Trinajstić information content (AvgIpc) is 3.36. The molecule has 0 aliphatic carbocycles. The first-order chi connectivity index (χ1) is 23.1. The highest BCUT2D eigenvalue weighted by Gasteiger charge is 2.50. The average molecular weight is 692 g/mol. The number of carbonyl (C=O) groups is 5. The number of fused-ring (bicyclic) bond motifs is 1. The predicted octanol–water partition coefficient (Wildman–Crippen LogP) is 2.26. The standard InChI is InChI=1S/C36H45N5O7S/c1-35(2,3)40-33(46)31-36(4,5)49-21-41(31)34(47)30(44)25(18-22-12-7-6-8-13-22)39-32(45)26(19-28(37)42)38-29(43)20-48-27-17-11-15-23-14-9-10-16-24(23)27/h6-17,25-26,30-31,44H,18-21H2,1-5H3,(H2,37,42)(H,38,43)(H,39,45)(H,40,46)/t25-,26-,30-,31-/m0/s1. The number of thioether (sulfide) groups is 1. The van der Waals surface area contributed by atoms with Crippen molar-refractivity contribution in [3.63, 3.8) is 0 Å². The molecular formula is C36H45N5O7S. The summed E-state index contributed by atoms with van der Waals surface area (Å²) in [5.41, 5.74) is 5.59. The molecule has 1 aliphatic heterocycles. The molecule has 49 heavy (non-hydrogen) atoms. The minimum Gasteiger partial charge on any atom is -0.483 e. The van der Waals surface area contributed by atoms with Gasteiger partial charge < -0.3 is 36.4 Å². The number of carbonyl (C=O) groups excluding carboxylic acids is 5. The second-order valence-electron chi connectivity index (χ2n) is 13.6. The van der Waals surface area contributed by atoms with Gasteiger partial charge in [0.25, 0.3) is 11.8 Å². The number of rotatable bonds is 13. The number of benzene rings is 3. The SMILES string of the molecule is CC(C)(C)NC(=O)[C@@H]1N(C(=O)[C@@H](O)[C@H](Cc2ccccc2)NC(=O)[C@H](CC(N)=O)NC(=O)COc2cccc3ccccc23)CSC1(C)C. The summed E-state index contributed by atoms with van der Waals surface area (Å²) in [5, 5.41) is 21.4. The fourth-order valence-electron chi connectivity index (χ4n) is 5.70. The maximum atomic E-state index is 13.9. The summed E-state index contributed by atoms with van der Waals surface area (Å²) in [4.78, 5) is 67.3. The molecule has 0 radical (unpaired) electrons. The van der Waals surface area contributed by atoms with E-state index in [0.717, 1.165) is 10.8 Å². The number of aliphatic hydroxyl groups is 1. The Hall–Kier alpha value is -4.62. The minimum atomic E-state index is -1.77. The van der Waals surface area contributed by atoms with Crippen LogP contribution in [-0.2, 0) is 30.4 Å². The zero-order valence-corrected chi connectivity index (χ0v) is 29.2. The van der Waals surface area contributed by atoms with Gasteiger partial charge in [0.15, 0.2) is 12.7 Å².